The normalized spacial score (nSPS) is 10.5. The number of nitro groups is 1. The number of aromatic nitrogens is 1. The number of rotatable bonds is 7. The highest BCUT2D eigenvalue weighted by atomic mass is 16.6. The van der Waals surface area contributed by atoms with Gasteiger partial charge in [-0.1, -0.05) is 18.2 Å². The quantitative estimate of drug-likeness (QED) is 0.373. The van der Waals surface area contributed by atoms with Crippen molar-refractivity contribution in [3.8, 4) is 17.4 Å². The Labute approximate surface area is 165 Å². The highest BCUT2D eigenvalue weighted by Crippen LogP contribution is 2.31. The van der Waals surface area contributed by atoms with E-state index in [2.05, 4.69) is 15.5 Å². The highest BCUT2D eigenvalue weighted by Gasteiger charge is 2.10. The second-order valence-corrected chi connectivity index (χ2v) is 5.69. The van der Waals surface area contributed by atoms with Crippen LogP contribution in [0.1, 0.15) is 15.9 Å². The smallest absolute Gasteiger partial charge is 0.287 e. The average molecular weight is 392 g/mol. The monoisotopic (exact) mass is 392 g/mol. The maximum absolute atomic E-state index is 12.0. The van der Waals surface area contributed by atoms with E-state index >= 15 is 0 Å². The number of hydrogen-bond donors (Lipinski definition) is 1. The molecule has 1 aromatic heterocycles. The number of ether oxygens (including phenoxy) is 2. The first kappa shape index (κ1) is 19.5. The van der Waals surface area contributed by atoms with E-state index in [4.69, 9.17) is 9.47 Å². The lowest BCUT2D eigenvalue weighted by atomic mass is 10.2. The topological polar surface area (TPSA) is 116 Å². The summed E-state index contributed by atoms with van der Waals surface area (Å²) in [5, 5.41) is 14.6. The van der Waals surface area contributed by atoms with Gasteiger partial charge in [0, 0.05) is 17.7 Å². The molecule has 2 aromatic carbocycles. The van der Waals surface area contributed by atoms with Gasteiger partial charge in [0.05, 0.1) is 18.2 Å². The van der Waals surface area contributed by atoms with Crippen LogP contribution in [0.3, 0.4) is 0 Å². The van der Waals surface area contributed by atoms with Gasteiger partial charge in [0.25, 0.3) is 11.6 Å². The van der Waals surface area contributed by atoms with Gasteiger partial charge >= 0.3 is 0 Å². The van der Waals surface area contributed by atoms with Crippen LogP contribution < -0.4 is 14.9 Å². The SMILES string of the molecule is COc1cc(/C=N/NC(=O)c2ccccc2)ccc1Oc1ccc([N+](=O)[O-])cn1. The zero-order valence-electron chi connectivity index (χ0n) is 15.3. The molecule has 3 aromatic rings. The lowest BCUT2D eigenvalue weighted by Gasteiger charge is -2.10. The Hall–Kier alpha value is -4.27. The molecule has 0 atom stereocenters. The van der Waals surface area contributed by atoms with Crippen LogP contribution in [0.5, 0.6) is 17.4 Å². The predicted molar refractivity (Wildman–Crippen MR) is 105 cm³/mol. The van der Waals surface area contributed by atoms with Gasteiger partial charge in [0.15, 0.2) is 11.5 Å². The Bertz CT molecular complexity index is 1040. The summed E-state index contributed by atoms with van der Waals surface area (Å²) in [7, 11) is 1.48. The Morgan fingerprint density at radius 2 is 1.93 bits per heavy atom. The summed E-state index contributed by atoms with van der Waals surface area (Å²) in [5.74, 6) is 0.645. The number of pyridine rings is 1. The molecule has 146 valence electrons. The highest BCUT2D eigenvalue weighted by molar-refractivity contribution is 5.94. The van der Waals surface area contributed by atoms with E-state index in [-0.39, 0.29) is 17.5 Å². The second-order valence-electron chi connectivity index (χ2n) is 5.69. The first-order valence-corrected chi connectivity index (χ1v) is 8.41. The lowest BCUT2D eigenvalue weighted by molar-refractivity contribution is -0.385. The molecule has 0 saturated carbocycles. The second kappa shape index (κ2) is 9.09. The average Bonchev–Trinajstić information content (AvgIpc) is 2.75. The van der Waals surface area contributed by atoms with Gasteiger partial charge in [0.1, 0.15) is 6.20 Å². The minimum Gasteiger partial charge on any atom is -0.493 e. The third-order valence-electron chi connectivity index (χ3n) is 3.75. The van der Waals surface area contributed by atoms with Crippen LogP contribution in [-0.2, 0) is 0 Å². The van der Waals surface area contributed by atoms with E-state index in [1.54, 1.807) is 42.5 Å². The number of methoxy groups -OCH3 is 1. The number of carbonyl (C=O) groups excluding carboxylic acids is 1. The maximum Gasteiger partial charge on any atom is 0.287 e. The molecule has 0 spiro atoms. The van der Waals surface area contributed by atoms with Crippen LogP contribution >= 0.6 is 0 Å². The number of hydrazone groups is 1. The van der Waals surface area contributed by atoms with Crippen molar-refractivity contribution < 1.29 is 19.2 Å². The van der Waals surface area contributed by atoms with Crippen molar-refractivity contribution in [2.75, 3.05) is 7.11 Å². The number of hydrogen-bond acceptors (Lipinski definition) is 7. The lowest BCUT2D eigenvalue weighted by Crippen LogP contribution is -2.17. The van der Waals surface area contributed by atoms with Crippen LogP contribution in [-0.4, -0.2) is 29.1 Å². The molecule has 3 rings (SSSR count). The van der Waals surface area contributed by atoms with Crippen LogP contribution in [0, 0.1) is 10.1 Å². The molecule has 0 saturated heterocycles. The molecule has 1 N–H and O–H groups in total. The fourth-order valence-corrected chi connectivity index (χ4v) is 2.32. The summed E-state index contributed by atoms with van der Waals surface area (Å²) in [6.45, 7) is 0. The summed E-state index contributed by atoms with van der Waals surface area (Å²) in [4.78, 5) is 26.0. The number of nitrogens with zero attached hydrogens (tertiary/aromatic N) is 3. The summed E-state index contributed by atoms with van der Waals surface area (Å²) in [6.07, 6.45) is 2.58. The van der Waals surface area contributed by atoms with Crippen LogP contribution in [0.4, 0.5) is 5.69 Å². The van der Waals surface area contributed by atoms with Gasteiger partial charge in [-0.2, -0.15) is 5.10 Å². The van der Waals surface area contributed by atoms with Gasteiger partial charge in [-0.25, -0.2) is 10.4 Å². The van der Waals surface area contributed by atoms with Gasteiger partial charge in [0.2, 0.25) is 5.88 Å². The standard InChI is InChI=1S/C20H16N4O5/c1-28-18-11-14(12-22-23-20(25)15-5-3-2-4-6-15)7-9-17(18)29-19-10-8-16(13-21-19)24(26)27/h2-13H,1H3,(H,23,25)/b22-12+. The molecule has 0 fully saturated rings. The number of nitrogens with one attached hydrogen (secondary N) is 1. The first-order valence-electron chi connectivity index (χ1n) is 8.41. The Balaban J connectivity index is 1.68. The van der Waals surface area contributed by atoms with Crippen molar-refractivity contribution in [1.82, 2.24) is 10.4 Å². The molecular weight excluding hydrogens is 376 g/mol. The summed E-state index contributed by atoms with van der Waals surface area (Å²) < 4.78 is 10.9. The number of amides is 1. The van der Waals surface area contributed by atoms with E-state index in [9.17, 15) is 14.9 Å². The molecule has 0 aliphatic carbocycles. The minimum absolute atomic E-state index is 0.131. The largest absolute Gasteiger partial charge is 0.493 e. The van der Waals surface area contributed by atoms with Crippen LogP contribution in [0.25, 0.3) is 0 Å². The van der Waals surface area contributed by atoms with Crippen molar-refractivity contribution in [2.24, 2.45) is 5.10 Å². The van der Waals surface area contributed by atoms with E-state index in [1.807, 2.05) is 6.07 Å². The molecule has 29 heavy (non-hydrogen) atoms. The third-order valence-corrected chi connectivity index (χ3v) is 3.75. The van der Waals surface area contributed by atoms with E-state index in [0.29, 0.717) is 22.6 Å². The van der Waals surface area contributed by atoms with E-state index < -0.39 is 4.92 Å². The summed E-state index contributed by atoms with van der Waals surface area (Å²) >= 11 is 0. The van der Waals surface area contributed by atoms with Crippen LogP contribution in [0.15, 0.2) is 72.0 Å². The number of carbonyl (C=O) groups is 1. The van der Waals surface area contributed by atoms with Crippen molar-refractivity contribution >= 4 is 17.8 Å². The molecule has 9 nitrogen and oxygen atoms in total. The molecule has 0 aliphatic heterocycles. The Morgan fingerprint density at radius 1 is 1.14 bits per heavy atom. The molecule has 9 heteroatoms. The summed E-state index contributed by atoms with van der Waals surface area (Å²) in [5.41, 5.74) is 3.48. The Morgan fingerprint density at radius 3 is 2.59 bits per heavy atom. The fourth-order valence-electron chi connectivity index (χ4n) is 2.32. The molecule has 0 bridgehead atoms. The Kier molecular flexibility index (Phi) is 6.11. The third kappa shape index (κ3) is 5.13. The molecular formula is C20H16N4O5. The van der Waals surface area contributed by atoms with Crippen LogP contribution in [0.2, 0.25) is 0 Å². The van der Waals surface area contributed by atoms with Crippen molar-refractivity contribution in [1.29, 1.82) is 0 Å². The zero-order valence-corrected chi connectivity index (χ0v) is 15.3. The molecule has 1 heterocycles. The van der Waals surface area contributed by atoms with Gasteiger partial charge < -0.3 is 9.47 Å². The molecule has 0 radical (unpaired) electrons. The minimum atomic E-state index is -0.540. The number of benzene rings is 2. The maximum atomic E-state index is 12.0. The van der Waals surface area contributed by atoms with Gasteiger partial charge in [-0.15, -0.1) is 0 Å². The van der Waals surface area contributed by atoms with E-state index in [0.717, 1.165) is 6.20 Å². The molecule has 0 aliphatic rings. The summed E-state index contributed by atoms with van der Waals surface area (Å²) in [6, 6.07) is 16.4. The van der Waals surface area contributed by atoms with Crippen molar-refractivity contribution in [2.45, 2.75) is 0 Å². The molecule has 0 unspecified atom stereocenters. The van der Waals surface area contributed by atoms with Gasteiger partial charge in [-0.05, 0) is 35.9 Å². The molecule has 1 amide bonds. The fraction of sp³-hybridized carbons (Fsp3) is 0.0500. The van der Waals surface area contributed by atoms with E-state index in [1.165, 1.54) is 25.5 Å². The first-order chi connectivity index (χ1) is 14.1. The van der Waals surface area contributed by atoms with Gasteiger partial charge in [-0.3, -0.25) is 14.9 Å². The zero-order chi connectivity index (χ0) is 20.6. The van der Waals surface area contributed by atoms with Crippen molar-refractivity contribution in [3.05, 3.63) is 88.1 Å². The predicted octanol–water partition coefficient (Wildman–Crippen LogP) is 3.55. The van der Waals surface area contributed by atoms with Crippen molar-refractivity contribution in [3.63, 3.8) is 0 Å².